The zero-order chi connectivity index (χ0) is 17.8. The molecule has 1 aliphatic heterocycles. The van der Waals surface area contributed by atoms with E-state index < -0.39 is 0 Å². The molecule has 1 heterocycles. The van der Waals surface area contributed by atoms with Crippen molar-refractivity contribution in [3.63, 3.8) is 0 Å². The largest absolute Gasteiger partial charge is 0.502 e. The van der Waals surface area contributed by atoms with Crippen LogP contribution >= 0.6 is 0 Å². The van der Waals surface area contributed by atoms with Gasteiger partial charge in [0.2, 0.25) is 0 Å². The number of hydrogen-bond acceptors (Lipinski definition) is 3. The molecule has 0 bridgehead atoms. The normalized spacial score (nSPS) is 23.2. The van der Waals surface area contributed by atoms with Crippen molar-refractivity contribution < 1.29 is 14.2 Å². The molecule has 0 spiro atoms. The van der Waals surface area contributed by atoms with E-state index in [9.17, 15) is 0 Å². The van der Waals surface area contributed by atoms with E-state index in [0.29, 0.717) is 6.10 Å². The van der Waals surface area contributed by atoms with Crippen molar-refractivity contribution in [1.82, 2.24) is 0 Å². The van der Waals surface area contributed by atoms with Crippen molar-refractivity contribution in [2.75, 3.05) is 19.8 Å². The first-order chi connectivity index (χ1) is 12.2. The molecule has 2 aliphatic rings. The van der Waals surface area contributed by atoms with E-state index in [4.69, 9.17) is 14.2 Å². The van der Waals surface area contributed by atoms with Gasteiger partial charge in [-0.2, -0.15) is 0 Å². The molecule has 1 saturated carbocycles. The van der Waals surface area contributed by atoms with E-state index in [2.05, 4.69) is 13.5 Å². The first-order valence-electron chi connectivity index (χ1n) is 10.7. The van der Waals surface area contributed by atoms with Crippen molar-refractivity contribution in [3.05, 3.63) is 12.8 Å². The van der Waals surface area contributed by atoms with Crippen LogP contribution in [0.15, 0.2) is 12.8 Å². The van der Waals surface area contributed by atoms with Crippen LogP contribution in [0.25, 0.3) is 0 Å². The lowest BCUT2D eigenvalue weighted by molar-refractivity contribution is -0.0942. The highest BCUT2D eigenvalue weighted by Gasteiger charge is 2.37. The number of unbranched alkanes of at least 4 members (excludes halogenated alkanes) is 6. The predicted octanol–water partition coefficient (Wildman–Crippen LogP) is 6.02. The van der Waals surface area contributed by atoms with Crippen LogP contribution in [-0.2, 0) is 14.2 Å². The smallest absolute Gasteiger partial charge is 0.104 e. The van der Waals surface area contributed by atoms with Gasteiger partial charge in [0.15, 0.2) is 0 Å². The minimum absolute atomic E-state index is 0.0778. The van der Waals surface area contributed by atoms with Gasteiger partial charge >= 0.3 is 0 Å². The molecule has 0 aromatic rings. The third kappa shape index (κ3) is 8.59. The zero-order valence-electron chi connectivity index (χ0n) is 16.5. The summed E-state index contributed by atoms with van der Waals surface area (Å²) >= 11 is 0. The summed E-state index contributed by atoms with van der Waals surface area (Å²) < 4.78 is 16.9. The fourth-order valence-electron chi connectivity index (χ4n) is 4.18. The summed E-state index contributed by atoms with van der Waals surface area (Å²) in [6, 6.07) is 0. The maximum atomic E-state index is 6.43. The van der Waals surface area contributed by atoms with Gasteiger partial charge in [0.05, 0.1) is 31.7 Å². The molecule has 0 amide bonds. The first kappa shape index (κ1) is 20.8. The Hall–Kier alpha value is -0.540. The molecule has 1 aliphatic carbocycles. The standard InChI is InChI=1S/C22H40O3/c1-3-23-17-13-8-6-4-5-7-12-16-22(2,25-19-21-18-24-21)20-14-10-9-11-15-20/h3,20-21H,1,4-19H2,2H3. The molecule has 1 saturated heterocycles. The van der Waals surface area contributed by atoms with Gasteiger partial charge in [-0.25, -0.2) is 0 Å². The van der Waals surface area contributed by atoms with Crippen molar-refractivity contribution in [3.8, 4) is 0 Å². The summed E-state index contributed by atoms with van der Waals surface area (Å²) in [5.74, 6) is 0.755. The molecule has 0 aromatic heterocycles. The van der Waals surface area contributed by atoms with Crippen LogP contribution in [0.4, 0.5) is 0 Å². The third-order valence-electron chi connectivity index (χ3n) is 6.02. The lowest BCUT2D eigenvalue weighted by atomic mass is 9.75. The Bertz CT molecular complexity index is 347. The lowest BCUT2D eigenvalue weighted by Gasteiger charge is -2.40. The fourth-order valence-corrected chi connectivity index (χ4v) is 4.18. The Kier molecular flexibility index (Phi) is 9.93. The molecule has 146 valence electrons. The maximum absolute atomic E-state index is 6.43. The fraction of sp³-hybridized carbons (Fsp3) is 0.909. The zero-order valence-corrected chi connectivity index (χ0v) is 16.5. The molecule has 25 heavy (non-hydrogen) atoms. The van der Waals surface area contributed by atoms with Crippen LogP contribution in [0, 0.1) is 5.92 Å². The average molecular weight is 353 g/mol. The van der Waals surface area contributed by atoms with Gasteiger partial charge in [0.25, 0.3) is 0 Å². The molecule has 3 nitrogen and oxygen atoms in total. The molecule has 0 N–H and O–H groups in total. The van der Waals surface area contributed by atoms with E-state index in [1.807, 2.05) is 0 Å². The van der Waals surface area contributed by atoms with E-state index in [1.54, 1.807) is 6.26 Å². The summed E-state index contributed by atoms with van der Waals surface area (Å²) in [5.41, 5.74) is 0.0778. The van der Waals surface area contributed by atoms with E-state index in [1.165, 1.54) is 77.0 Å². The van der Waals surface area contributed by atoms with Crippen molar-refractivity contribution in [2.45, 2.75) is 102 Å². The topological polar surface area (TPSA) is 31.0 Å². The van der Waals surface area contributed by atoms with Gasteiger partial charge in [-0.05, 0) is 38.5 Å². The van der Waals surface area contributed by atoms with Gasteiger partial charge < -0.3 is 14.2 Å². The molecule has 2 rings (SSSR count). The molecular formula is C22H40O3. The highest BCUT2D eigenvalue weighted by atomic mass is 16.6. The van der Waals surface area contributed by atoms with Crippen molar-refractivity contribution >= 4 is 0 Å². The van der Waals surface area contributed by atoms with Gasteiger partial charge in [0.1, 0.15) is 6.10 Å². The van der Waals surface area contributed by atoms with Crippen LogP contribution < -0.4 is 0 Å². The van der Waals surface area contributed by atoms with Crippen LogP contribution in [-0.4, -0.2) is 31.5 Å². The Balaban J connectivity index is 1.57. The van der Waals surface area contributed by atoms with Crippen molar-refractivity contribution in [2.24, 2.45) is 5.92 Å². The van der Waals surface area contributed by atoms with E-state index in [-0.39, 0.29) is 5.60 Å². The summed E-state index contributed by atoms with van der Waals surface area (Å²) in [7, 11) is 0. The third-order valence-corrected chi connectivity index (χ3v) is 6.02. The van der Waals surface area contributed by atoms with Crippen LogP contribution in [0.3, 0.4) is 0 Å². The Morgan fingerprint density at radius 2 is 1.64 bits per heavy atom. The number of hydrogen-bond donors (Lipinski definition) is 0. The quantitative estimate of drug-likeness (QED) is 0.205. The second-order valence-corrected chi connectivity index (χ2v) is 8.18. The summed E-state index contributed by atoms with van der Waals surface area (Å²) in [6.07, 6.45) is 19.2. The van der Waals surface area contributed by atoms with Crippen molar-refractivity contribution in [1.29, 1.82) is 0 Å². The van der Waals surface area contributed by atoms with Crippen LogP contribution in [0.5, 0.6) is 0 Å². The molecule has 2 fully saturated rings. The Morgan fingerprint density at radius 3 is 2.28 bits per heavy atom. The number of epoxide rings is 1. The minimum atomic E-state index is 0.0778. The van der Waals surface area contributed by atoms with Crippen LogP contribution in [0.2, 0.25) is 0 Å². The number of ether oxygens (including phenoxy) is 3. The average Bonchev–Trinajstić information content (AvgIpc) is 3.47. The second-order valence-electron chi connectivity index (χ2n) is 8.18. The molecule has 0 aromatic carbocycles. The second kappa shape index (κ2) is 12.0. The highest BCUT2D eigenvalue weighted by molar-refractivity contribution is 4.87. The first-order valence-corrected chi connectivity index (χ1v) is 10.7. The SMILES string of the molecule is C=COCCCCCCCCCC(C)(OCC1CO1)C1CCCCC1. The summed E-state index contributed by atoms with van der Waals surface area (Å²) in [4.78, 5) is 0. The monoisotopic (exact) mass is 352 g/mol. The summed E-state index contributed by atoms with van der Waals surface area (Å²) in [5, 5.41) is 0. The molecule has 3 heteroatoms. The lowest BCUT2D eigenvalue weighted by Crippen LogP contribution is -2.40. The van der Waals surface area contributed by atoms with Gasteiger partial charge in [-0.15, -0.1) is 0 Å². The molecule has 0 radical (unpaired) electrons. The van der Waals surface area contributed by atoms with E-state index in [0.717, 1.165) is 32.2 Å². The molecule has 2 atom stereocenters. The predicted molar refractivity (Wildman–Crippen MR) is 104 cm³/mol. The van der Waals surface area contributed by atoms with Gasteiger partial charge in [0, 0.05) is 0 Å². The van der Waals surface area contributed by atoms with Crippen LogP contribution in [0.1, 0.15) is 90.4 Å². The summed E-state index contributed by atoms with van der Waals surface area (Å²) in [6.45, 7) is 8.48. The maximum Gasteiger partial charge on any atom is 0.104 e. The number of rotatable bonds is 15. The molecule has 2 unspecified atom stereocenters. The van der Waals surface area contributed by atoms with Gasteiger partial charge in [-0.1, -0.05) is 64.4 Å². The van der Waals surface area contributed by atoms with E-state index >= 15 is 0 Å². The Labute approximate surface area is 155 Å². The van der Waals surface area contributed by atoms with Gasteiger partial charge in [-0.3, -0.25) is 0 Å². The minimum Gasteiger partial charge on any atom is -0.502 e. The molecular weight excluding hydrogens is 312 g/mol. The highest BCUT2D eigenvalue weighted by Crippen LogP contribution is 2.39. The Morgan fingerprint density at radius 1 is 1.00 bits per heavy atom.